The van der Waals surface area contributed by atoms with Crippen LogP contribution in [0.1, 0.15) is 32.6 Å². The number of aliphatic hydroxyl groups excluding tert-OH is 2. The van der Waals surface area contributed by atoms with Crippen LogP contribution < -0.4 is 0 Å². The first kappa shape index (κ1) is 11.6. The highest BCUT2D eigenvalue weighted by Gasteiger charge is 2.12. The molecule has 0 fully saturated rings. The van der Waals surface area contributed by atoms with E-state index >= 15 is 0 Å². The second kappa shape index (κ2) is 7.25. The van der Waals surface area contributed by atoms with Crippen LogP contribution in [0.3, 0.4) is 0 Å². The van der Waals surface area contributed by atoms with Crippen LogP contribution in [-0.2, 0) is 4.79 Å². The van der Waals surface area contributed by atoms with E-state index in [0.717, 1.165) is 19.3 Å². The van der Waals surface area contributed by atoms with Gasteiger partial charge in [-0.3, -0.25) is 4.79 Å². The average Bonchev–Trinajstić information content (AvgIpc) is 2.03. The predicted molar refractivity (Wildman–Crippen MR) is 46.8 cm³/mol. The molecule has 0 saturated heterocycles. The fourth-order valence-electron chi connectivity index (χ4n) is 1.21. The van der Waals surface area contributed by atoms with E-state index in [9.17, 15) is 4.79 Å². The van der Waals surface area contributed by atoms with Crippen molar-refractivity contribution in [2.75, 3.05) is 13.2 Å². The van der Waals surface area contributed by atoms with Crippen molar-refractivity contribution in [3.63, 3.8) is 0 Å². The molecule has 0 aliphatic carbocycles. The maximum absolute atomic E-state index is 11.0. The van der Waals surface area contributed by atoms with Crippen molar-refractivity contribution in [2.24, 2.45) is 5.92 Å². The Morgan fingerprint density at radius 2 is 1.83 bits per heavy atom. The van der Waals surface area contributed by atoms with Crippen molar-refractivity contribution in [1.29, 1.82) is 0 Å². The third-order valence-electron chi connectivity index (χ3n) is 2.01. The van der Waals surface area contributed by atoms with Crippen molar-refractivity contribution in [2.45, 2.75) is 32.6 Å². The molecule has 0 aromatic heterocycles. The van der Waals surface area contributed by atoms with Gasteiger partial charge in [-0.1, -0.05) is 6.42 Å². The zero-order chi connectivity index (χ0) is 9.40. The molecular formula is C9H18O3. The molecule has 12 heavy (non-hydrogen) atoms. The number of ketones is 1. The molecule has 0 radical (unpaired) electrons. The Kier molecular flexibility index (Phi) is 7.00. The van der Waals surface area contributed by atoms with Crippen molar-refractivity contribution in [1.82, 2.24) is 0 Å². The van der Waals surface area contributed by atoms with Gasteiger partial charge in [0.15, 0.2) is 0 Å². The Labute approximate surface area is 73.4 Å². The van der Waals surface area contributed by atoms with Gasteiger partial charge in [-0.15, -0.1) is 0 Å². The van der Waals surface area contributed by atoms with E-state index < -0.39 is 0 Å². The number of Topliss-reactive ketones (excluding diaryl/α,β-unsaturated/α-hetero) is 1. The Morgan fingerprint density at radius 3 is 2.25 bits per heavy atom. The molecule has 0 saturated carbocycles. The number of hydrogen-bond donors (Lipinski definition) is 2. The second-order valence-electron chi connectivity index (χ2n) is 3.04. The largest absolute Gasteiger partial charge is 0.396 e. The number of carbonyl (C=O) groups excluding carboxylic acids is 1. The monoisotopic (exact) mass is 174 g/mol. The molecule has 0 amide bonds. The molecule has 1 unspecified atom stereocenters. The number of unbranched alkanes of at least 4 members (excludes halogenated alkanes) is 1. The first-order valence-electron chi connectivity index (χ1n) is 4.44. The molecule has 1 atom stereocenters. The summed E-state index contributed by atoms with van der Waals surface area (Å²) in [7, 11) is 0. The lowest BCUT2D eigenvalue weighted by Crippen LogP contribution is -2.12. The zero-order valence-electron chi connectivity index (χ0n) is 7.62. The highest BCUT2D eigenvalue weighted by Crippen LogP contribution is 2.13. The Balaban J connectivity index is 3.56. The Hall–Kier alpha value is -0.410. The van der Waals surface area contributed by atoms with Crippen LogP contribution in [-0.4, -0.2) is 29.2 Å². The van der Waals surface area contributed by atoms with E-state index in [1.165, 1.54) is 0 Å². The molecule has 0 spiro atoms. The van der Waals surface area contributed by atoms with E-state index in [0.29, 0.717) is 6.42 Å². The minimum absolute atomic E-state index is 0.0125. The van der Waals surface area contributed by atoms with Gasteiger partial charge in [0.2, 0.25) is 0 Å². The smallest absolute Gasteiger partial charge is 0.132 e. The van der Waals surface area contributed by atoms with Crippen LogP contribution >= 0.6 is 0 Å². The predicted octanol–water partition coefficient (Wildman–Crippen LogP) is 0.737. The van der Waals surface area contributed by atoms with Crippen LogP contribution in [0.15, 0.2) is 0 Å². The number of aliphatic hydroxyl groups is 2. The van der Waals surface area contributed by atoms with Gasteiger partial charge in [-0.2, -0.15) is 0 Å². The fraction of sp³-hybridized carbons (Fsp3) is 0.889. The van der Waals surface area contributed by atoms with Gasteiger partial charge in [0.1, 0.15) is 5.78 Å². The van der Waals surface area contributed by atoms with E-state index in [2.05, 4.69) is 0 Å². The lowest BCUT2D eigenvalue weighted by Gasteiger charge is -2.10. The average molecular weight is 174 g/mol. The number of rotatable bonds is 7. The molecule has 3 nitrogen and oxygen atoms in total. The van der Waals surface area contributed by atoms with E-state index in [1.54, 1.807) is 6.92 Å². The first-order valence-corrected chi connectivity index (χ1v) is 4.44. The molecule has 72 valence electrons. The summed E-state index contributed by atoms with van der Waals surface area (Å²) in [6, 6.07) is 0. The van der Waals surface area contributed by atoms with Crippen LogP contribution in [0, 0.1) is 5.92 Å². The molecule has 3 heteroatoms. The molecule has 0 aliphatic heterocycles. The van der Waals surface area contributed by atoms with Crippen LogP contribution in [0.4, 0.5) is 0 Å². The fourth-order valence-corrected chi connectivity index (χ4v) is 1.21. The maximum Gasteiger partial charge on any atom is 0.132 e. The van der Waals surface area contributed by atoms with E-state index in [1.807, 2.05) is 0 Å². The standard InChI is InChI=1S/C9H18O3/c1-8(12)9(5-7-11)4-2-3-6-10/h9-11H,2-7H2,1H3. The summed E-state index contributed by atoms with van der Waals surface area (Å²) >= 11 is 0. The molecule has 0 aromatic rings. The lowest BCUT2D eigenvalue weighted by atomic mass is 9.95. The van der Waals surface area contributed by atoms with Gasteiger partial charge >= 0.3 is 0 Å². The van der Waals surface area contributed by atoms with Crippen LogP contribution in [0.2, 0.25) is 0 Å². The third-order valence-corrected chi connectivity index (χ3v) is 2.01. The normalized spacial score (nSPS) is 12.9. The van der Waals surface area contributed by atoms with Gasteiger partial charge in [-0.25, -0.2) is 0 Å². The Morgan fingerprint density at radius 1 is 1.17 bits per heavy atom. The number of carbonyl (C=O) groups is 1. The molecule has 0 aliphatic rings. The highest BCUT2D eigenvalue weighted by atomic mass is 16.3. The van der Waals surface area contributed by atoms with Crippen LogP contribution in [0.5, 0.6) is 0 Å². The summed E-state index contributed by atoms with van der Waals surface area (Å²) in [6.07, 6.45) is 2.95. The molecule has 2 N–H and O–H groups in total. The van der Waals surface area contributed by atoms with Gasteiger partial charge in [0, 0.05) is 19.1 Å². The SMILES string of the molecule is CC(=O)C(CCO)CCCCO. The minimum atomic E-state index is -0.0125. The molecular weight excluding hydrogens is 156 g/mol. The summed E-state index contributed by atoms with van der Waals surface area (Å²) in [5.74, 6) is 0.128. The minimum Gasteiger partial charge on any atom is -0.396 e. The van der Waals surface area contributed by atoms with Crippen molar-refractivity contribution in [3.8, 4) is 0 Å². The lowest BCUT2D eigenvalue weighted by molar-refractivity contribution is -0.121. The Bertz CT molecular complexity index is 123. The van der Waals surface area contributed by atoms with Gasteiger partial charge in [0.05, 0.1) is 0 Å². The van der Waals surface area contributed by atoms with Gasteiger partial charge in [0.25, 0.3) is 0 Å². The topological polar surface area (TPSA) is 57.5 Å². The molecule has 0 rings (SSSR count). The van der Waals surface area contributed by atoms with E-state index in [4.69, 9.17) is 10.2 Å². The summed E-state index contributed by atoms with van der Waals surface area (Å²) in [5.41, 5.74) is 0. The van der Waals surface area contributed by atoms with Crippen molar-refractivity contribution < 1.29 is 15.0 Å². The van der Waals surface area contributed by atoms with E-state index in [-0.39, 0.29) is 24.9 Å². The van der Waals surface area contributed by atoms with Crippen molar-refractivity contribution >= 4 is 5.78 Å². The van der Waals surface area contributed by atoms with Crippen LogP contribution in [0.25, 0.3) is 0 Å². The maximum atomic E-state index is 11.0. The first-order chi connectivity index (χ1) is 5.72. The molecule has 0 aromatic carbocycles. The molecule has 0 heterocycles. The third kappa shape index (κ3) is 5.27. The summed E-state index contributed by atoms with van der Waals surface area (Å²) < 4.78 is 0. The van der Waals surface area contributed by atoms with Gasteiger partial charge in [-0.05, 0) is 26.2 Å². The highest BCUT2D eigenvalue weighted by molar-refractivity contribution is 5.78. The summed E-state index contributed by atoms with van der Waals surface area (Å²) in [5, 5.41) is 17.2. The summed E-state index contributed by atoms with van der Waals surface area (Å²) in [4.78, 5) is 11.0. The zero-order valence-corrected chi connectivity index (χ0v) is 7.62. The van der Waals surface area contributed by atoms with Gasteiger partial charge < -0.3 is 10.2 Å². The van der Waals surface area contributed by atoms with Crippen molar-refractivity contribution in [3.05, 3.63) is 0 Å². The summed E-state index contributed by atoms with van der Waals surface area (Å²) in [6.45, 7) is 1.81. The second-order valence-corrected chi connectivity index (χ2v) is 3.04. The number of hydrogen-bond acceptors (Lipinski definition) is 3. The quantitative estimate of drug-likeness (QED) is 0.560. The molecule has 0 bridgehead atoms.